The molecule has 0 radical (unpaired) electrons. The Balaban J connectivity index is 1.51. The zero-order valence-electron chi connectivity index (χ0n) is 18.8. The third kappa shape index (κ3) is 10.4. The van der Waals surface area contributed by atoms with Crippen LogP contribution in [0.2, 0.25) is 0 Å². The fraction of sp³-hybridized carbons (Fsp3) is 0.667. The van der Waals surface area contributed by atoms with E-state index in [0.29, 0.717) is 17.9 Å². The first-order valence-electron chi connectivity index (χ1n) is 11.8. The Bertz CT molecular complexity index is 795. The van der Waals surface area contributed by atoms with Gasteiger partial charge in [0.15, 0.2) is 0 Å². The van der Waals surface area contributed by atoms with Crippen LogP contribution in [0.4, 0.5) is 0 Å². The van der Waals surface area contributed by atoms with Crippen LogP contribution in [-0.4, -0.2) is 16.1 Å². The Labute approximate surface area is 190 Å². The van der Waals surface area contributed by atoms with E-state index in [-0.39, 0.29) is 23.8 Å². The van der Waals surface area contributed by atoms with Crippen molar-refractivity contribution in [2.24, 2.45) is 0 Å². The minimum atomic E-state index is -0.533. The molecule has 0 atom stereocenters. The number of rotatable bonds is 18. The molecule has 0 aliphatic heterocycles. The summed E-state index contributed by atoms with van der Waals surface area (Å²) >= 11 is 0.222. The van der Waals surface area contributed by atoms with Gasteiger partial charge in [-0.25, -0.2) is 4.79 Å². The summed E-state index contributed by atoms with van der Waals surface area (Å²) in [6.07, 6.45) is 18.3. The van der Waals surface area contributed by atoms with Crippen LogP contribution >= 0.6 is 12.3 Å². The number of unbranched alkanes of at least 4 members (excludes halogenated alkanes) is 13. The number of nitrogens with zero attached hydrogens (tertiary/aromatic N) is 1. The smallest absolute Gasteiger partial charge is 0.397 e. The van der Waals surface area contributed by atoms with Gasteiger partial charge in [-0.2, -0.15) is 4.98 Å². The molecule has 174 valence electrons. The van der Waals surface area contributed by atoms with Crippen LogP contribution in [0, 0.1) is 0 Å². The SMILES string of the molecule is CCCCCCCCCCCCCCCCOc1nc2ccc(OSO)cc2c(=O)o1. The normalized spacial score (nSPS) is 11.2. The maximum absolute atomic E-state index is 12.1. The van der Waals surface area contributed by atoms with Crippen molar-refractivity contribution in [1.82, 2.24) is 4.98 Å². The van der Waals surface area contributed by atoms with E-state index in [4.69, 9.17) is 17.9 Å². The van der Waals surface area contributed by atoms with Crippen molar-refractivity contribution in [2.75, 3.05) is 6.61 Å². The molecule has 7 heteroatoms. The molecule has 0 spiro atoms. The molecule has 0 bridgehead atoms. The molecule has 6 nitrogen and oxygen atoms in total. The number of aromatic nitrogens is 1. The van der Waals surface area contributed by atoms with E-state index >= 15 is 0 Å². The summed E-state index contributed by atoms with van der Waals surface area (Å²) in [6.45, 7) is 2.75. The van der Waals surface area contributed by atoms with Gasteiger partial charge in [0.05, 0.1) is 17.5 Å². The van der Waals surface area contributed by atoms with Gasteiger partial charge in [-0.15, -0.1) is 0 Å². The third-order valence-electron chi connectivity index (χ3n) is 5.44. The first-order valence-corrected chi connectivity index (χ1v) is 12.5. The van der Waals surface area contributed by atoms with Crippen molar-refractivity contribution >= 4 is 23.2 Å². The number of hydrogen-bond acceptors (Lipinski definition) is 7. The van der Waals surface area contributed by atoms with Gasteiger partial charge < -0.3 is 13.3 Å². The van der Waals surface area contributed by atoms with Crippen molar-refractivity contribution in [3.63, 3.8) is 0 Å². The van der Waals surface area contributed by atoms with E-state index in [1.54, 1.807) is 12.1 Å². The Morgan fingerprint density at radius 1 is 0.903 bits per heavy atom. The maximum atomic E-state index is 12.1. The summed E-state index contributed by atoms with van der Waals surface area (Å²) in [7, 11) is 0. The van der Waals surface area contributed by atoms with Crippen LogP contribution in [-0.2, 0) is 0 Å². The monoisotopic (exact) mass is 451 g/mol. The van der Waals surface area contributed by atoms with E-state index in [1.807, 2.05) is 0 Å². The Kier molecular flexibility index (Phi) is 13.2. The zero-order valence-corrected chi connectivity index (χ0v) is 19.6. The summed E-state index contributed by atoms with van der Waals surface area (Å²) in [5.74, 6) is 0.352. The highest BCUT2D eigenvalue weighted by Gasteiger charge is 2.09. The molecule has 1 aromatic heterocycles. The average Bonchev–Trinajstić information content (AvgIpc) is 2.77. The molecular weight excluding hydrogens is 414 g/mol. The second-order valence-electron chi connectivity index (χ2n) is 8.05. The van der Waals surface area contributed by atoms with Crippen LogP contribution < -0.4 is 14.5 Å². The number of benzene rings is 1. The standard InChI is InChI=1S/C24H37NO5S/c1-2-3-4-5-6-7-8-9-10-11-12-13-14-15-18-28-24-25-22-17-16-20(30-31-27)19-21(22)23(26)29-24/h16-17,19,27H,2-15,18H2,1H3. The lowest BCUT2D eigenvalue weighted by Crippen LogP contribution is -2.06. The molecule has 2 rings (SSSR count). The molecular formula is C24H37NO5S. The van der Waals surface area contributed by atoms with Crippen LogP contribution in [0.5, 0.6) is 11.8 Å². The van der Waals surface area contributed by atoms with Crippen molar-refractivity contribution in [3.05, 3.63) is 28.6 Å². The lowest BCUT2D eigenvalue weighted by atomic mass is 10.0. The largest absolute Gasteiger partial charge is 0.450 e. The molecule has 31 heavy (non-hydrogen) atoms. The molecule has 0 unspecified atom stereocenters. The molecule has 0 amide bonds. The molecule has 0 aliphatic carbocycles. The van der Waals surface area contributed by atoms with Crippen LogP contribution in [0.1, 0.15) is 96.8 Å². The summed E-state index contributed by atoms with van der Waals surface area (Å²) in [6, 6.07) is 4.74. The van der Waals surface area contributed by atoms with E-state index < -0.39 is 5.63 Å². The molecule has 0 aliphatic rings. The van der Waals surface area contributed by atoms with Crippen LogP contribution in [0.25, 0.3) is 10.9 Å². The van der Waals surface area contributed by atoms with Gasteiger partial charge in [-0.05, 0) is 24.6 Å². The maximum Gasteiger partial charge on any atom is 0.397 e. The summed E-state index contributed by atoms with van der Waals surface area (Å²) in [5, 5.41) is 0.287. The predicted molar refractivity (Wildman–Crippen MR) is 127 cm³/mol. The molecule has 1 aromatic carbocycles. The highest BCUT2D eigenvalue weighted by Crippen LogP contribution is 2.21. The number of hydrogen-bond donors (Lipinski definition) is 1. The zero-order chi connectivity index (χ0) is 22.2. The molecule has 1 N–H and O–H groups in total. The van der Waals surface area contributed by atoms with Gasteiger partial charge in [0.25, 0.3) is 0 Å². The van der Waals surface area contributed by atoms with Crippen molar-refractivity contribution in [3.8, 4) is 11.8 Å². The summed E-state index contributed by atoms with van der Waals surface area (Å²) in [5.41, 5.74) is -0.0585. The first-order chi connectivity index (χ1) is 15.2. The first kappa shape index (κ1) is 25.5. The van der Waals surface area contributed by atoms with E-state index in [2.05, 4.69) is 11.9 Å². The summed E-state index contributed by atoms with van der Waals surface area (Å²) < 4.78 is 24.3. The number of fused-ring (bicyclic) bond motifs is 1. The van der Waals surface area contributed by atoms with Gasteiger partial charge in [0.2, 0.25) is 12.3 Å². The summed E-state index contributed by atoms with van der Waals surface area (Å²) in [4.78, 5) is 16.3. The molecule has 1 heterocycles. The average molecular weight is 452 g/mol. The van der Waals surface area contributed by atoms with Crippen molar-refractivity contribution in [1.29, 1.82) is 0 Å². The van der Waals surface area contributed by atoms with Gasteiger partial charge in [0, 0.05) is 0 Å². The van der Waals surface area contributed by atoms with E-state index in [9.17, 15) is 4.79 Å². The fourth-order valence-electron chi connectivity index (χ4n) is 3.64. The molecule has 0 saturated carbocycles. The van der Waals surface area contributed by atoms with Gasteiger partial charge in [-0.1, -0.05) is 90.4 Å². The second kappa shape index (κ2) is 16.0. The fourth-order valence-corrected chi connectivity index (χ4v) is 3.83. The third-order valence-corrected chi connectivity index (χ3v) is 5.70. The molecule has 0 saturated heterocycles. The van der Waals surface area contributed by atoms with Crippen molar-refractivity contribution < 1.29 is 17.9 Å². The van der Waals surface area contributed by atoms with Crippen molar-refractivity contribution in [2.45, 2.75) is 96.8 Å². The van der Waals surface area contributed by atoms with E-state index in [1.165, 1.54) is 83.1 Å². The Hall–Kier alpha value is -1.73. The van der Waals surface area contributed by atoms with Crippen LogP contribution in [0.15, 0.2) is 27.4 Å². The number of ether oxygens (including phenoxy) is 1. The lowest BCUT2D eigenvalue weighted by molar-refractivity contribution is 0.211. The lowest BCUT2D eigenvalue weighted by Gasteiger charge is -2.06. The minimum Gasteiger partial charge on any atom is -0.450 e. The van der Waals surface area contributed by atoms with Gasteiger partial charge in [0.1, 0.15) is 5.75 Å². The predicted octanol–water partition coefficient (Wildman–Crippen LogP) is 7.55. The Morgan fingerprint density at radius 3 is 2.06 bits per heavy atom. The van der Waals surface area contributed by atoms with E-state index in [0.717, 1.165) is 12.8 Å². The molecule has 0 fully saturated rings. The Morgan fingerprint density at radius 2 is 1.48 bits per heavy atom. The minimum absolute atomic E-state index is 0.00241. The quantitative estimate of drug-likeness (QED) is 0.185. The molecule has 2 aromatic rings. The van der Waals surface area contributed by atoms with Gasteiger partial charge in [-0.3, -0.25) is 4.55 Å². The second-order valence-corrected chi connectivity index (χ2v) is 8.36. The van der Waals surface area contributed by atoms with Gasteiger partial charge >= 0.3 is 11.7 Å². The van der Waals surface area contributed by atoms with Crippen LogP contribution in [0.3, 0.4) is 0 Å². The topological polar surface area (TPSA) is 81.8 Å². The highest BCUT2D eigenvalue weighted by atomic mass is 32.2. The highest BCUT2D eigenvalue weighted by molar-refractivity contribution is 7.89.